The topological polar surface area (TPSA) is 90.1 Å². The van der Waals surface area contributed by atoms with Crippen LogP contribution in [-0.2, 0) is 16.1 Å². The van der Waals surface area contributed by atoms with E-state index in [1.165, 1.54) is 11.8 Å². The van der Waals surface area contributed by atoms with Crippen molar-refractivity contribution in [3.05, 3.63) is 47.8 Å². The van der Waals surface area contributed by atoms with Gasteiger partial charge < -0.3 is 15.0 Å². The van der Waals surface area contributed by atoms with Crippen LogP contribution in [0.2, 0.25) is 0 Å². The summed E-state index contributed by atoms with van der Waals surface area (Å²) >= 11 is 1.40. The average Bonchev–Trinajstić information content (AvgIpc) is 3.38. The second-order valence-corrected chi connectivity index (χ2v) is 8.64. The summed E-state index contributed by atoms with van der Waals surface area (Å²) in [5.41, 5.74) is 3.13. The van der Waals surface area contributed by atoms with Crippen molar-refractivity contribution >= 4 is 23.6 Å². The predicted molar refractivity (Wildman–Crippen MR) is 124 cm³/mol. The normalized spacial score (nSPS) is 14.0. The lowest BCUT2D eigenvalue weighted by Crippen LogP contribution is -2.37. The first-order valence-electron chi connectivity index (χ1n) is 10.9. The molecule has 1 aromatic carbocycles. The second-order valence-electron chi connectivity index (χ2n) is 7.70. The van der Waals surface area contributed by atoms with Gasteiger partial charge in [0.05, 0.1) is 30.3 Å². The molecule has 170 valence electrons. The number of rotatable bonds is 9. The number of para-hydroxylation sites is 1. The molecule has 3 aromatic rings. The second kappa shape index (κ2) is 10.6. The van der Waals surface area contributed by atoms with Crippen molar-refractivity contribution < 1.29 is 9.53 Å². The number of hydrogen-bond donors (Lipinski definition) is 1. The minimum absolute atomic E-state index is 0.0149. The molecule has 0 unspecified atom stereocenters. The molecular formula is C22H29N7O2S. The van der Waals surface area contributed by atoms with Gasteiger partial charge in [-0.2, -0.15) is 5.10 Å². The van der Waals surface area contributed by atoms with Crippen LogP contribution in [0.3, 0.4) is 0 Å². The van der Waals surface area contributed by atoms with E-state index in [1.54, 1.807) is 0 Å². The highest BCUT2D eigenvalue weighted by Crippen LogP contribution is 2.27. The number of hydrogen-bond acceptors (Lipinski definition) is 7. The third kappa shape index (κ3) is 5.49. The van der Waals surface area contributed by atoms with E-state index >= 15 is 0 Å². The first-order valence-corrected chi connectivity index (χ1v) is 11.8. The maximum atomic E-state index is 12.4. The Bertz CT molecular complexity index is 1030. The van der Waals surface area contributed by atoms with E-state index in [4.69, 9.17) is 4.74 Å². The minimum atomic E-state index is -0.0149. The van der Waals surface area contributed by atoms with Gasteiger partial charge in [0.25, 0.3) is 0 Å². The Morgan fingerprint density at radius 2 is 1.94 bits per heavy atom. The Morgan fingerprint density at radius 1 is 1.16 bits per heavy atom. The Hall–Kier alpha value is -2.85. The molecule has 0 radical (unpaired) electrons. The molecule has 10 heteroatoms. The number of morpholine rings is 1. The molecule has 1 N–H and O–H groups in total. The smallest absolute Gasteiger partial charge is 0.232 e. The highest BCUT2D eigenvalue weighted by atomic mass is 32.2. The highest BCUT2D eigenvalue weighted by Gasteiger charge is 2.22. The largest absolute Gasteiger partial charge is 0.378 e. The van der Waals surface area contributed by atoms with Gasteiger partial charge in [-0.25, -0.2) is 0 Å². The zero-order valence-corrected chi connectivity index (χ0v) is 19.3. The average molecular weight is 456 g/mol. The molecule has 0 spiro atoms. The fraction of sp³-hybridized carbons (Fsp3) is 0.455. The number of aryl methyl sites for hydroxylation is 3. The number of aromatic nitrogens is 5. The van der Waals surface area contributed by atoms with Crippen LogP contribution in [0.5, 0.6) is 0 Å². The summed E-state index contributed by atoms with van der Waals surface area (Å²) in [7, 11) is 0. The van der Waals surface area contributed by atoms with Crippen LogP contribution < -0.4 is 10.2 Å². The van der Waals surface area contributed by atoms with Crippen LogP contribution in [0.15, 0.2) is 41.6 Å². The molecule has 1 aliphatic heterocycles. The molecule has 3 heterocycles. The molecule has 1 amide bonds. The first-order chi connectivity index (χ1) is 15.6. The fourth-order valence-corrected chi connectivity index (χ4v) is 4.44. The lowest BCUT2D eigenvalue weighted by molar-refractivity contribution is -0.118. The fourth-order valence-electron chi connectivity index (χ4n) is 3.67. The summed E-state index contributed by atoms with van der Waals surface area (Å²) in [5.74, 6) is 1.06. The van der Waals surface area contributed by atoms with E-state index in [1.807, 2.05) is 53.4 Å². The van der Waals surface area contributed by atoms with Crippen molar-refractivity contribution in [1.82, 2.24) is 29.9 Å². The Kier molecular flexibility index (Phi) is 7.43. The lowest BCUT2D eigenvalue weighted by atomic mass is 10.3. The van der Waals surface area contributed by atoms with Crippen molar-refractivity contribution in [3.8, 4) is 5.69 Å². The van der Waals surface area contributed by atoms with Gasteiger partial charge in [-0.05, 0) is 38.5 Å². The maximum absolute atomic E-state index is 12.4. The van der Waals surface area contributed by atoms with E-state index in [2.05, 4.69) is 31.6 Å². The van der Waals surface area contributed by atoms with E-state index in [0.29, 0.717) is 24.9 Å². The standard InChI is InChI=1S/C22H29N7O2S/c1-17-15-18(2)28(26-17)10-6-9-23-20(30)16-32-22-25-24-21(27-11-13-31-14-12-27)29(22)19-7-4-3-5-8-19/h3-5,7-8,15H,6,9-14,16H2,1-2H3,(H,23,30). The van der Waals surface area contributed by atoms with Crippen molar-refractivity contribution in [1.29, 1.82) is 0 Å². The molecule has 32 heavy (non-hydrogen) atoms. The van der Waals surface area contributed by atoms with Crippen molar-refractivity contribution in [3.63, 3.8) is 0 Å². The SMILES string of the molecule is Cc1cc(C)n(CCCNC(=O)CSc2nnc(N3CCOCC3)n2-c2ccccc2)n1. The summed E-state index contributed by atoms with van der Waals surface area (Å²) in [6, 6.07) is 12.1. The summed E-state index contributed by atoms with van der Waals surface area (Å²) in [4.78, 5) is 14.6. The quantitative estimate of drug-likeness (QED) is 0.391. The lowest BCUT2D eigenvalue weighted by Gasteiger charge is -2.27. The zero-order chi connectivity index (χ0) is 22.3. The van der Waals surface area contributed by atoms with E-state index in [0.717, 1.165) is 49.1 Å². The van der Waals surface area contributed by atoms with Gasteiger partial charge in [-0.15, -0.1) is 10.2 Å². The number of carbonyl (C=O) groups excluding carboxylic acids is 1. The van der Waals surface area contributed by atoms with E-state index < -0.39 is 0 Å². The summed E-state index contributed by atoms with van der Waals surface area (Å²) in [6.07, 6.45) is 0.833. The van der Waals surface area contributed by atoms with Crippen molar-refractivity contribution in [2.45, 2.75) is 32.0 Å². The van der Waals surface area contributed by atoms with Gasteiger partial charge in [0, 0.05) is 31.9 Å². The highest BCUT2D eigenvalue weighted by molar-refractivity contribution is 7.99. The van der Waals surface area contributed by atoms with Gasteiger partial charge in [-0.3, -0.25) is 14.0 Å². The molecule has 2 aromatic heterocycles. The number of anilines is 1. The van der Waals surface area contributed by atoms with Crippen molar-refractivity contribution in [2.24, 2.45) is 0 Å². The molecular weight excluding hydrogens is 426 g/mol. The van der Waals surface area contributed by atoms with Gasteiger partial charge in [0.15, 0.2) is 5.16 Å². The minimum Gasteiger partial charge on any atom is -0.378 e. The number of nitrogens with zero attached hydrogens (tertiary/aromatic N) is 6. The van der Waals surface area contributed by atoms with Crippen LogP contribution in [0.25, 0.3) is 5.69 Å². The summed E-state index contributed by atoms with van der Waals surface area (Å²) in [6.45, 7) is 8.32. The number of ether oxygens (including phenoxy) is 1. The monoisotopic (exact) mass is 455 g/mol. The molecule has 0 bridgehead atoms. The van der Waals surface area contributed by atoms with Gasteiger partial charge in [0.1, 0.15) is 0 Å². The van der Waals surface area contributed by atoms with Gasteiger partial charge in [0.2, 0.25) is 11.9 Å². The number of thioether (sulfide) groups is 1. The third-order valence-corrected chi connectivity index (χ3v) is 6.16. The van der Waals surface area contributed by atoms with E-state index in [-0.39, 0.29) is 11.7 Å². The Labute approximate surface area is 192 Å². The molecule has 0 aliphatic carbocycles. The number of amides is 1. The summed E-state index contributed by atoms with van der Waals surface area (Å²) < 4.78 is 9.47. The van der Waals surface area contributed by atoms with Crippen LogP contribution in [0.4, 0.5) is 5.95 Å². The molecule has 1 fully saturated rings. The first kappa shape index (κ1) is 22.3. The predicted octanol–water partition coefficient (Wildman–Crippen LogP) is 2.22. The third-order valence-electron chi connectivity index (χ3n) is 5.23. The molecule has 4 rings (SSSR count). The summed E-state index contributed by atoms with van der Waals surface area (Å²) in [5, 5.41) is 17.0. The van der Waals surface area contributed by atoms with Crippen LogP contribution >= 0.6 is 11.8 Å². The number of carbonyl (C=O) groups is 1. The van der Waals surface area contributed by atoms with Crippen LogP contribution in [0, 0.1) is 13.8 Å². The maximum Gasteiger partial charge on any atom is 0.232 e. The Balaban J connectivity index is 1.34. The molecule has 0 atom stereocenters. The Morgan fingerprint density at radius 3 is 2.66 bits per heavy atom. The van der Waals surface area contributed by atoms with E-state index in [9.17, 15) is 4.79 Å². The van der Waals surface area contributed by atoms with Gasteiger partial charge in [-0.1, -0.05) is 30.0 Å². The number of benzene rings is 1. The molecule has 1 aliphatic rings. The van der Waals surface area contributed by atoms with Gasteiger partial charge >= 0.3 is 0 Å². The molecule has 9 nitrogen and oxygen atoms in total. The molecule has 1 saturated heterocycles. The molecule has 0 saturated carbocycles. The van der Waals surface area contributed by atoms with Crippen molar-refractivity contribution in [2.75, 3.05) is 43.5 Å². The van der Waals surface area contributed by atoms with Crippen LogP contribution in [-0.4, -0.2) is 69.1 Å². The van der Waals surface area contributed by atoms with Crippen LogP contribution in [0.1, 0.15) is 17.8 Å². The zero-order valence-electron chi connectivity index (χ0n) is 18.5. The number of nitrogens with one attached hydrogen (secondary N) is 1.